The van der Waals surface area contributed by atoms with Crippen LogP contribution in [0.25, 0.3) is 0 Å². The van der Waals surface area contributed by atoms with Gasteiger partial charge in [-0.15, -0.1) is 0 Å². The maximum absolute atomic E-state index is 12.2. The van der Waals surface area contributed by atoms with Crippen molar-refractivity contribution in [3.05, 3.63) is 0 Å². The van der Waals surface area contributed by atoms with Crippen molar-refractivity contribution < 1.29 is 23.7 Å². The maximum atomic E-state index is 12.2. The SMILES string of the molecule is COC(OC)C1CC(C(OC)OC)C2C1C1CC(=O)C3C1C32. The topological polar surface area (TPSA) is 54.0 Å². The summed E-state index contributed by atoms with van der Waals surface area (Å²) in [6, 6.07) is 0. The first-order chi connectivity index (χ1) is 10.7. The van der Waals surface area contributed by atoms with E-state index in [2.05, 4.69) is 0 Å². The number of Topliss-reactive ketones (excluding diaryl/α,β-unsaturated/α-hetero) is 1. The monoisotopic (exact) mass is 310 g/mol. The van der Waals surface area contributed by atoms with Gasteiger partial charge in [-0.05, 0) is 36.0 Å². The first-order valence-corrected chi connectivity index (χ1v) is 8.31. The van der Waals surface area contributed by atoms with Crippen molar-refractivity contribution in [2.75, 3.05) is 28.4 Å². The molecule has 5 nitrogen and oxygen atoms in total. The second-order valence-electron chi connectivity index (χ2n) is 7.41. The summed E-state index contributed by atoms with van der Waals surface area (Å²) in [6.07, 6.45) is 1.37. The Morgan fingerprint density at radius 1 is 0.818 bits per heavy atom. The minimum atomic E-state index is -0.196. The van der Waals surface area contributed by atoms with Crippen LogP contribution >= 0.6 is 0 Å². The van der Waals surface area contributed by atoms with Crippen LogP contribution < -0.4 is 0 Å². The van der Waals surface area contributed by atoms with E-state index in [0.29, 0.717) is 53.1 Å². The zero-order valence-corrected chi connectivity index (χ0v) is 13.7. The van der Waals surface area contributed by atoms with E-state index in [-0.39, 0.29) is 12.6 Å². The third-order valence-electron chi connectivity index (χ3n) is 6.98. The lowest BCUT2D eigenvalue weighted by Gasteiger charge is -2.30. The third-order valence-corrected chi connectivity index (χ3v) is 6.98. The lowest BCUT2D eigenvalue weighted by atomic mass is 9.80. The van der Waals surface area contributed by atoms with Crippen molar-refractivity contribution in [3.63, 3.8) is 0 Å². The molecule has 4 aliphatic carbocycles. The number of ketones is 1. The van der Waals surface area contributed by atoms with Gasteiger partial charge in [-0.1, -0.05) is 0 Å². The molecule has 4 aliphatic rings. The van der Waals surface area contributed by atoms with E-state index >= 15 is 0 Å². The van der Waals surface area contributed by atoms with Crippen molar-refractivity contribution in [3.8, 4) is 0 Å². The van der Waals surface area contributed by atoms with Crippen molar-refractivity contribution in [1.29, 1.82) is 0 Å². The molecule has 4 fully saturated rings. The molecule has 4 saturated carbocycles. The highest BCUT2D eigenvalue weighted by Crippen LogP contribution is 2.77. The van der Waals surface area contributed by atoms with Crippen LogP contribution in [0.4, 0.5) is 0 Å². The van der Waals surface area contributed by atoms with Crippen LogP contribution in [0.3, 0.4) is 0 Å². The average Bonchev–Trinajstić information content (AvgIpc) is 2.87. The zero-order valence-electron chi connectivity index (χ0n) is 13.7. The number of carbonyl (C=O) groups is 1. The van der Waals surface area contributed by atoms with E-state index in [1.165, 1.54) is 0 Å². The smallest absolute Gasteiger partial charge is 0.159 e. The molecule has 0 aromatic heterocycles. The summed E-state index contributed by atoms with van der Waals surface area (Å²) < 4.78 is 22.3. The predicted molar refractivity (Wildman–Crippen MR) is 77.8 cm³/mol. The molecule has 124 valence electrons. The van der Waals surface area contributed by atoms with E-state index < -0.39 is 0 Å². The Kier molecular flexibility index (Phi) is 3.60. The molecule has 0 aromatic rings. The van der Waals surface area contributed by atoms with Gasteiger partial charge in [-0.25, -0.2) is 0 Å². The summed E-state index contributed by atoms with van der Waals surface area (Å²) in [4.78, 5) is 12.2. The molecule has 5 heteroatoms. The summed E-state index contributed by atoms with van der Waals surface area (Å²) in [5.41, 5.74) is 0. The molecule has 8 unspecified atom stereocenters. The first-order valence-electron chi connectivity index (χ1n) is 8.31. The van der Waals surface area contributed by atoms with Gasteiger partial charge in [0.2, 0.25) is 0 Å². The summed E-state index contributed by atoms with van der Waals surface area (Å²) in [5, 5.41) is 0. The molecule has 0 spiro atoms. The van der Waals surface area contributed by atoms with Crippen molar-refractivity contribution in [2.45, 2.75) is 25.4 Å². The molecule has 0 amide bonds. The average molecular weight is 310 g/mol. The van der Waals surface area contributed by atoms with Crippen molar-refractivity contribution in [2.24, 2.45) is 47.3 Å². The number of fused-ring (bicyclic) bond motifs is 4. The second-order valence-corrected chi connectivity index (χ2v) is 7.41. The lowest BCUT2D eigenvalue weighted by molar-refractivity contribution is -0.157. The Morgan fingerprint density at radius 2 is 1.36 bits per heavy atom. The lowest BCUT2D eigenvalue weighted by Crippen LogP contribution is -2.32. The molecule has 0 aromatic carbocycles. The second kappa shape index (κ2) is 5.26. The Morgan fingerprint density at radius 3 is 1.91 bits per heavy atom. The molecule has 0 heterocycles. The Balaban J connectivity index is 1.66. The van der Waals surface area contributed by atoms with Gasteiger partial charge in [0, 0.05) is 52.6 Å². The number of hydrogen-bond acceptors (Lipinski definition) is 5. The fourth-order valence-corrected chi connectivity index (χ4v) is 6.55. The predicted octanol–water partition coefficient (Wildman–Crippen LogP) is 1.56. The van der Waals surface area contributed by atoms with Gasteiger partial charge in [0.15, 0.2) is 12.6 Å². The fraction of sp³-hybridized carbons (Fsp3) is 0.941. The Bertz CT molecular complexity index is 440. The van der Waals surface area contributed by atoms with Crippen LogP contribution in [0.1, 0.15) is 12.8 Å². The number of hydrogen-bond donors (Lipinski definition) is 0. The third kappa shape index (κ3) is 1.77. The van der Waals surface area contributed by atoms with E-state index in [9.17, 15) is 4.79 Å². The van der Waals surface area contributed by atoms with E-state index in [4.69, 9.17) is 18.9 Å². The summed E-state index contributed by atoms with van der Waals surface area (Å²) in [6.45, 7) is 0. The van der Waals surface area contributed by atoms with Crippen LogP contribution in [0.2, 0.25) is 0 Å². The Labute approximate surface area is 131 Å². The van der Waals surface area contributed by atoms with Crippen molar-refractivity contribution >= 4 is 5.78 Å². The molecule has 8 atom stereocenters. The van der Waals surface area contributed by atoms with E-state index in [1.54, 1.807) is 28.4 Å². The summed E-state index contributed by atoms with van der Waals surface area (Å²) in [7, 11) is 6.83. The molecule has 0 bridgehead atoms. The van der Waals surface area contributed by atoms with Gasteiger partial charge in [-0.3, -0.25) is 4.79 Å². The van der Waals surface area contributed by atoms with Gasteiger partial charge in [0.25, 0.3) is 0 Å². The minimum absolute atomic E-state index is 0.194. The molecule has 0 radical (unpaired) electrons. The van der Waals surface area contributed by atoms with Crippen molar-refractivity contribution in [1.82, 2.24) is 0 Å². The molecule has 0 aliphatic heterocycles. The first kappa shape index (κ1) is 15.1. The maximum Gasteiger partial charge on any atom is 0.159 e. The van der Waals surface area contributed by atoms with Gasteiger partial charge >= 0.3 is 0 Å². The molecule has 0 saturated heterocycles. The highest BCUT2D eigenvalue weighted by atomic mass is 16.7. The van der Waals surface area contributed by atoms with Crippen LogP contribution in [0.5, 0.6) is 0 Å². The van der Waals surface area contributed by atoms with Crippen LogP contribution in [-0.2, 0) is 23.7 Å². The molecule has 22 heavy (non-hydrogen) atoms. The highest BCUT2D eigenvalue weighted by molar-refractivity contribution is 5.88. The van der Waals surface area contributed by atoms with E-state index in [0.717, 1.165) is 12.8 Å². The van der Waals surface area contributed by atoms with E-state index in [1.807, 2.05) is 0 Å². The molecular weight excluding hydrogens is 284 g/mol. The quantitative estimate of drug-likeness (QED) is 0.697. The Hall–Kier alpha value is -0.490. The summed E-state index contributed by atoms with van der Waals surface area (Å²) in [5.74, 6) is 4.26. The number of carbonyl (C=O) groups excluding carboxylic acids is 1. The number of ether oxygens (including phenoxy) is 4. The fourth-order valence-electron chi connectivity index (χ4n) is 6.55. The molecule has 4 rings (SSSR count). The number of rotatable bonds is 6. The number of methoxy groups -OCH3 is 4. The highest BCUT2D eigenvalue weighted by Gasteiger charge is 2.77. The zero-order chi connectivity index (χ0) is 15.6. The van der Waals surface area contributed by atoms with Crippen LogP contribution in [-0.4, -0.2) is 46.8 Å². The minimum Gasteiger partial charge on any atom is -0.356 e. The standard InChI is InChI=1S/C17H26O5/c1-19-16(20-2)8-5-9(17(21-3)22-4)13-11(8)7-6-10(18)14-12(7)15(13)14/h7-9,11-17H,5-6H2,1-4H3. The largest absolute Gasteiger partial charge is 0.356 e. The van der Waals surface area contributed by atoms with Gasteiger partial charge in [-0.2, -0.15) is 0 Å². The van der Waals surface area contributed by atoms with Crippen LogP contribution in [0.15, 0.2) is 0 Å². The normalized spacial score (nSPS) is 48.4. The molecule has 0 N–H and O–H groups in total. The molecular formula is C17H26O5. The van der Waals surface area contributed by atoms with Gasteiger partial charge in [0.05, 0.1) is 0 Å². The van der Waals surface area contributed by atoms with Gasteiger partial charge < -0.3 is 18.9 Å². The van der Waals surface area contributed by atoms with Gasteiger partial charge in [0.1, 0.15) is 5.78 Å². The summed E-state index contributed by atoms with van der Waals surface area (Å²) >= 11 is 0. The van der Waals surface area contributed by atoms with Crippen LogP contribution in [0, 0.1) is 47.3 Å².